The molecule has 0 spiro atoms. The molecule has 1 fully saturated rings. The van der Waals surface area contributed by atoms with Gasteiger partial charge in [0.1, 0.15) is 5.60 Å². The molecule has 1 saturated heterocycles. The third-order valence-corrected chi connectivity index (χ3v) is 3.20. The number of rotatable bonds is 2. The van der Waals surface area contributed by atoms with Crippen molar-refractivity contribution in [2.24, 2.45) is 5.92 Å². The van der Waals surface area contributed by atoms with Crippen molar-refractivity contribution in [3.63, 3.8) is 0 Å². The number of hydrogen-bond acceptors (Lipinski definition) is 3. The molecule has 110 valence electrons. The van der Waals surface area contributed by atoms with Gasteiger partial charge in [0.15, 0.2) is 0 Å². The van der Waals surface area contributed by atoms with Gasteiger partial charge in [0.05, 0.1) is 0 Å². The molecule has 0 aromatic heterocycles. The summed E-state index contributed by atoms with van der Waals surface area (Å²) in [5.41, 5.74) is -0.467. The van der Waals surface area contributed by atoms with E-state index in [4.69, 9.17) is 9.84 Å². The zero-order chi connectivity index (χ0) is 14.5. The van der Waals surface area contributed by atoms with E-state index in [1.54, 1.807) is 4.90 Å². The van der Waals surface area contributed by atoms with E-state index in [0.29, 0.717) is 13.1 Å². The van der Waals surface area contributed by atoms with Gasteiger partial charge in [0, 0.05) is 19.5 Å². The second kappa shape index (κ2) is 6.78. The second-order valence-corrected chi connectivity index (χ2v) is 6.22. The highest BCUT2D eigenvalue weighted by Gasteiger charge is 2.24. The van der Waals surface area contributed by atoms with E-state index in [2.05, 4.69) is 0 Å². The Morgan fingerprint density at radius 3 is 2.16 bits per heavy atom. The Kier molecular flexibility index (Phi) is 5.63. The quantitative estimate of drug-likeness (QED) is 0.838. The lowest BCUT2D eigenvalue weighted by Gasteiger charge is -2.30. The molecule has 1 N–H and O–H groups in total. The van der Waals surface area contributed by atoms with Crippen LogP contribution in [0.15, 0.2) is 0 Å². The Hall–Kier alpha value is -1.26. The van der Waals surface area contributed by atoms with E-state index in [0.717, 1.165) is 25.7 Å². The molecule has 0 radical (unpaired) electrons. The minimum atomic E-state index is -0.727. The highest BCUT2D eigenvalue weighted by Crippen LogP contribution is 2.22. The molecular weight excluding hydrogens is 246 g/mol. The Balaban J connectivity index is 2.42. The van der Waals surface area contributed by atoms with Gasteiger partial charge in [-0.1, -0.05) is 0 Å². The smallest absolute Gasteiger partial charge is 0.410 e. The van der Waals surface area contributed by atoms with Crippen molar-refractivity contribution >= 4 is 12.1 Å². The third-order valence-electron chi connectivity index (χ3n) is 3.20. The fourth-order valence-electron chi connectivity index (χ4n) is 2.36. The Bertz CT molecular complexity index is 312. The van der Waals surface area contributed by atoms with Crippen LogP contribution in [0.25, 0.3) is 0 Å². The van der Waals surface area contributed by atoms with Crippen molar-refractivity contribution in [2.75, 3.05) is 13.1 Å². The number of amides is 1. The summed E-state index contributed by atoms with van der Waals surface area (Å²) in [5, 5.41) is 8.81. The van der Waals surface area contributed by atoms with Crippen LogP contribution in [0.2, 0.25) is 0 Å². The monoisotopic (exact) mass is 271 g/mol. The lowest BCUT2D eigenvalue weighted by atomic mass is 9.92. The molecule has 0 saturated carbocycles. The van der Waals surface area contributed by atoms with Gasteiger partial charge in [0.25, 0.3) is 0 Å². The van der Waals surface area contributed by atoms with Gasteiger partial charge in [-0.25, -0.2) is 4.79 Å². The fraction of sp³-hybridized carbons (Fsp3) is 0.857. The normalized spacial score (nSPS) is 18.6. The molecule has 5 nitrogen and oxygen atoms in total. The van der Waals surface area contributed by atoms with Crippen molar-refractivity contribution in [3.05, 3.63) is 0 Å². The molecule has 0 aromatic carbocycles. The molecule has 1 amide bonds. The summed E-state index contributed by atoms with van der Waals surface area (Å²) < 4.78 is 5.36. The zero-order valence-corrected chi connectivity index (χ0v) is 12.1. The molecule has 0 unspecified atom stereocenters. The minimum absolute atomic E-state index is 0.242. The third kappa shape index (κ3) is 6.45. The van der Waals surface area contributed by atoms with Crippen molar-refractivity contribution < 1.29 is 19.4 Å². The first-order chi connectivity index (χ1) is 8.78. The Morgan fingerprint density at radius 1 is 1.21 bits per heavy atom. The average Bonchev–Trinajstić information content (AvgIpc) is 2.18. The maximum Gasteiger partial charge on any atom is 0.410 e. The van der Waals surface area contributed by atoms with Crippen molar-refractivity contribution in [1.29, 1.82) is 0 Å². The molecule has 0 aliphatic carbocycles. The fourth-order valence-corrected chi connectivity index (χ4v) is 2.36. The Morgan fingerprint density at radius 2 is 1.74 bits per heavy atom. The lowest BCUT2D eigenvalue weighted by molar-refractivity contribution is -0.138. The summed E-state index contributed by atoms with van der Waals surface area (Å²) >= 11 is 0. The van der Waals surface area contributed by atoms with Gasteiger partial charge in [-0.15, -0.1) is 0 Å². The van der Waals surface area contributed by atoms with Crippen molar-refractivity contribution in [3.8, 4) is 0 Å². The number of ether oxygens (including phenoxy) is 1. The van der Waals surface area contributed by atoms with Gasteiger partial charge in [-0.05, 0) is 52.4 Å². The molecule has 0 aromatic rings. The predicted octanol–water partition coefficient (Wildman–Crippen LogP) is 2.89. The molecule has 1 heterocycles. The molecule has 1 aliphatic rings. The Labute approximate surface area is 114 Å². The van der Waals surface area contributed by atoms with E-state index >= 15 is 0 Å². The van der Waals surface area contributed by atoms with Gasteiger partial charge in [0.2, 0.25) is 0 Å². The van der Waals surface area contributed by atoms with Gasteiger partial charge in [-0.2, -0.15) is 0 Å². The summed E-state index contributed by atoms with van der Waals surface area (Å²) in [6.45, 7) is 6.89. The summed E-state index contributed by atoms with van der Waals surface area (Å²) in [6, 6.07) is 0. The van der Waals surface area contributed by atoms with Crippen LogP contribution in [0.5, 0.6) is 0 Å². The molecule has 0 bridgehead atoms. The first-order valence-corrected chi connectivity index (χ1v) is 6.97. The van der Waals surface area contributed by atoms with E-state index < -0.39 is 11.6 Å². The topological polar surface area (TPSA) is 66.8 Å². The van der Waals surface area contributed by atoms with Gasteiger partial charge in [-0.3, -0.25) is 4.79 Å². The van der Waals surface area contributed by atoms with Crippen molar-refractivity contribution in [1.82, 2.24) is 4.90 Å². The number of carboxylic acids is 1. The van der Waals surface area contributed by atoms with Crippen LogP contribution >= 0.6 is 0 Å². The van der Waals surface area contributed by atoms with Crippen LogP contribution in [0, 0.1) is 5.92 Å². The minimum Gasteiger partial charge on any atom is -0.481 e. The van der Waals surface area contributed by atoms with E-state index in [1.165, 1.54) is 0 Å². The standard InChI is InChI=1S/C14H25NO4/c1-14(2,3)19-13(18)15-8-4-6-11(7-5-9-15)10-12(16)17/h11H,4-10H2,1-3H3,(H,16,17). The first-order valence-electron chi connectivity index (χ1n) is 6.97. The summed E-state index contributed by atoms with van der Waals surface area (Å²) in [6.07, 6.45) is 3.40. The first kappa shape index (κ1) is 15.8. The summed E-state index contributed by atoms with van der Waals surface area (Å²) in [5.74, 6) is -0.479. The number of likely N-dealkylation sites (tertiary alicyclic amines) is 1. The van der Waals surface area contributed by atoms with Crippen LogP contribution in [0.1, 0.15) is 52.9 Å². The van der Waals surface area contributed by atoms with Crippen LogP contribution in [0.4, 0.5) is 4.79 Å². The number of nitrogens with zero attached hydrogens (tertiary/aromatic N) is 1. The van der Waals surface area contributed by atoms with Crippen LogP contribution in [-0.4, -0.2) is 40.8 Å². The highest BCUT2D eigenvalue weighted by atomic mass is 16.6. The number of hydrogen-bond donors (Lipinski definition) is 1. The largest absolute Gasteiger partial charge is 0.481 e. The summed E-state index contributed by atoms with van der Waals surface area (Å²) in [4.78, 5) is 24.4. The van der Waals surface area contributed by atoms with E-state index in [9.17, 15) is 9.59 Å². The number of carbonyl (C=O) groups excluding carboxylic acids is 1. The number of carbonyl (C=O) groups is 2. The average molecular weight is 271 g/mol. The van der Waals surface area contributed by atoms with Crippen LogP contribution < -0.4 is 0 Å². The maximum atomic E-state index is 11.9. The molecule has 19 heavy (non-hydrogen) atoms. The molecule has 5 heteroatoms. The molecular formula is C14H25NO4. The van der Waals surface area contributed by atoms with E-state index in [1.807, 2.05) is 20.8 Å². The highest BCUT2D eigenvalue weighted by molar-refractivity contribution is 5.68. The van der Waals surface area contributed by atoms with Crippen LogP contribution in [0.3, 0.4) is 0 Å². The van der Waals surface area contributed by atoms with Gasteiger partial charge >= 0.3 is 12.1 Å². The van der Waals surface area contributed by atoms with Gasteiger partial charge < -0.3 is 14.7 Å². The predicted molar refractivity (Wildman–Crippen MR) is 72.0 cm³/mol. The molecule has 0 atom stereocenters. The molecule has 1 rings (SSSR count). The maximum absolute atomic E-state index is 11.9. The summed E-state index contributed by atoms with van der Waals surface area (Å²) in [7, 11) is 0. The van der Waals surface area contributed by atoms with Crippen LogP contribution in [-0.2, 0) is 9.53 Å². The molecule has 1 aliphatic heterocycles. The number of aliphatic carboxylic acids is 1. The SMILES string of the molecule is CC(C)(C)OC(=O)N1CCCC(CC(=O)O)CCC1. The lowest BCUT2D eigenvalue weighted by Crippen LogP contribution is -2.39. The zero-order valence-electron chi connectivity index (χ0n) is 12.1. The second-order valence-electron chi connectivity index (χ2n) is 6.22. The van der Waals surface area contributed by atoms with E-state index in [-0.39, 0.29) is 18.4 Å². The number of carboxylic acid groups (broad SMARTS) is 1. The van der Waals surface area contributed by atoms with Crippen molar-refractivity contribution in [2.45, 2.75) is 58.5 Å².